The lowest BCUT2D eigenvalue weighted by molar-refractivity contribution is -0.125. The van der Waals surface area contributed by atoms with Gasteiger partial charge >= 0.3 is 0 Å². The zero-order chi connectivity index (χ0) is 23.2. The molecule has 3 atom stereocenters. The summed E-state index contributed by atoms with van der Waals surface area (Å²) < 4.78 is 6.23. The molecule has 6 nitrogen and oxygen atoms in total. The van der Waals surface area contributed by atoms with Gasteiger partial charge in [0.05, 0.1) is 12.6 Å². The van der Waals surface area contributed by atoms with Crippen molar-refractivity contribution in [3.05, 3.63) is 65.2 Å². The predicted octanol–water partition coefficient (Wildman–Crippen LogP) is 2.97. The minimum absolute atomic E-state index is 0.0451. The monoisotopic (exact) mass is 451 g/mol. The van der Waals surface area contributed by atoms with E-state index in [0.29, 0.717) is 19.7 Å². The molecule has 1 amide bonds. The quantitative estimate of drug-likeness (QED) is 0.614. The number of likely N-dealkylation sites (N-methyl/N-ethyl adjacent to an activating group) is 1. The van der Waals surface area contributed by atoms with Gasteiger partial charge in [0.15, 0.2) is 0 Å². The average molecular weight is 452 g/mol. The maximum Gasteiger partial charge on any atom is 0.234 e. The number of nitrogens with zero attached hydrogens (tertiary/aromatic N) is 2. The number of carbonyl (C=O) groups excluding carboxylic acids is 1. The molecule has 0 spiro atoms. The van der Waals surface area contributed by atoms with Gasteiger partial charge in [-0.25, -0.2) is 0 Å². The lowest BCUT2D eigenvalue weighted by Crippen LogP contribution is -2.55. The van der Waals surface area contributed by atoms with Crippen molar-refractivity contribution in [1.29, 1.82) is 0 Å². The van der Waals surface area contributed by atoms with Gasteiger partial charge in [0.25, 0.3) is 0 Å². The van der Waals surface area contributed by atoms with Gasteiger partial charge in [-0.15, -0.1) is 0 Å². The Morgan fingerprint density at radius 1 is 1.15 bits per heavy atom. The predicted molar refractivity (Wildman–Crippen MR) is 130 cm³/mol. The van der Waals surface area contributed by atoms with E-state index in [4.69, 9.17) is 4.74 Å². The van der Waals surface area contributed by atoms with Crippen molar-refractivity contribution in [2.24, 2.45) is 0 Å². The molecule has 2 fully saturated rings. The maximum absolute atomic E-state index is 11.8. The van der Waals surface area contributed by atoms with E-state index in [1.807, 2.05) is 18.2 Å². The molecule has 0 bridgehead atoms. The number of carbonyl (C=O) groups is 1. The second kappa shape index (κ2) is 11.1. The third kappa shape index (κ3) is 5.94. The Morgan fingerprint density at radius 3 is 2.73 bits per heavy atom. The summed E-state index contributed by atoms with van der Waals surface area (Å²) >= 11 is 0. The van der Waals surface area contributed by atoms with Crippen molar-refractivity contribution in [2.45, 2.75) is 63.9 Å². The van der Waals surface area contributed by atoms with Gasteiger partial charge in [-0.3, -0.25) is 14.6 Å². The van der Waals surface area contributed by atoms with Gasteiger partial charge in [-0.2, -0.15) is 0 Å². The van der Waals surface area contributed by atoms with Crippen LogP contribution in [0.5, 0.6) is 5.75 Å². The number of ether oxygens (including phenoxy) is 1. The Kier molecular flexibility index (Phi) is 8.02. The van der Waals surface area contributed by atoms with Crippen LogP contribution in [0.2, 0.25) is 0 Å². The number of piperazine rings is 1. The molecule has 178 valence electrons. The highest BCUT2D eigenvalue weighted by atomic mass is 16.5. The second-order valence-electron chi connectivity index (χ2n) is 9.40. The van der Waals surface area contributed by atoms with Gasteiger partial charge in [0.2, 0.25) is 5.91 Å². The van der Waals surface area contributed by atoms with Gasteiger partial charge in [-0.05, 0) is 43.5 Å². The Balaban J connectivity index is 1.44. The fourth-order valence-electron chi connectivity index (χ4n) is 5.22. The first-order valence-electron chi connectivity index (χ1n) is 12.2. The minimum atomic E-state index is -0.464. The summed E-state index contributed by atoms with van der Waals surface area (Å²) in [6, 6.07) is 16.9. The molecule has 2 aromatic rings. The maximum atomic E-state index is 11.8. The van der Waals surface area contributed by atoms with E-state index in [1.54, 1.807) is 0 Å². The van der Waals surface area contributed by atoms with E-state index in [-0.39, 0.29) is 18.0 Å². The third-order valence-corrected chi connectivity index (χ3v) is 6.97. The van der Waals surface area contributed by atoms with Crippen LogP contribution >= 0.6 is 0 Å². The summed E-state index contributed by atoms with van der Waals surface area (Å²) in [5.74, 6) is 0.959. The fourth-order valence-corrected chi connectivity index (χ4v) is 5.22. The zero-order valence-electron chi connectivity index (χ0n) is 19.9. The molecular formula is C27H37N3O3. The first kappa shape index (κ1) is 23.7. The first-order chi connectivity index (χ1) is 16.0. The molecule has 2 N–H and O–H groups in total. The molecule has 0 aromatic heterocycles. The number of hydrogen-bond donors (Lipinski definition) is 2. The molecule has 1 aliphatic carbocycles. The molecule has 1 saturated carbocycles. The smallest absolute Gasteiger partial charge is 0.234 e. The number of rotatable bonds is 9. The van der Waals surface area contributed by atoms with Crippen molar-refractivity contribution in [3.63, 3.8) is 0 Å². The van der Waals surface area contributed by atoms with Crippen LogP contribution in [0.15, 0.2) is 48.5 Å². The summed E-state index contributed by atoms with van der Waals surface area (Å²) in [6.07, 6.45) is 3.52. The van der Waals surface area contributed by atoms with Crippen molar-refractivity contribution < 1.29 is 14.6 Å². The van der Waals surface area contributed by atoms with Crippen molar-refractivity contribution >= 4 is 5.91 Å². The molecule has 4 rings (SSSR count). The highest BCUT2D eigenvalue weighted by molar-refractivity contribution is 5.78. The largest absolute Gasteiger partial charge is 0.489 e. The molecule has 1 saturated heterocycles. The fraction of sp³-hybridized carbons (Fsp3) is 0.519. The molecule has 33 heavy (non-hydrogen) atoms. The van der Waals surface area contributed by atoms with Crippen LogP contribution in [0.1, 0.15) is 42.9 Å². The highest BCUT2D eigenvalue weighted by Gasteiger charge is 2.41. The van der Waals surface area contributed by atoms with E-state index in [1.165, 1.54) is 5.56 Å². The molecular weight excluding hydrogens is 414 g/mol. The highest BCUT2D eigenvalue weighted by Crippen LogP contribution is 2.31. The van der Waals surface area contributed by atoms with Crippen LogP contribution in [0.25, 0.3) is 0 Å². The molecule has 6 heteroatoms. The Bertz CT molecular complexity index is 920. The minimum Gasteiger partial charge on any atom is -0.489 e. The van der Waals surface area contributed by atoms with E-state index >= 15 is 0 Å². The zero-order valence-corrected chi connectivity index (χ0v) is 19.9. The molecule has 0 unspecified atom stereocenters. The molecule has 1 aliphatic heterocycles. The van der Waals surface area contributed by atoms with Crippen molar-refractivity contribution in [2.75, 3.05) is 26.7 Å². The SMILES string of the molecule is CCCc1ccc(OCc2ccccc2)c(CN(C)[C@@H]2CC[C@@H](N3CCNC(=O)C3)[C@@H]2O)c1. The number of nitrogens with one attached hydrogen (secondary N) is 1. The normalized spacial score (nSPS) is 23.6. The number of aryl methyl sites for hydroxylation is 1. The van der Waals surface area contributed by atoms with Crippen LogP contribution in [0, 0.1) is 0 Å². The van der Waals surface area contributed by atoms with Crippen LogP contribution in [0.3, 0.4) is 0 Å². The first-order valence-corrected chi connectivity index (χ1v) is 12.2. The summed E-state index contributed by atoms with van der Waals surface area (Å²) in [5, 5.41) is 14.0. The number of amides is 1. The third-order valence-electron chi connectivity index (χ3n) is 6.97. The molecule has 2 aromatic carbocycles. The van der Waals surface area contributed by atoms with Crippen molar-refractivity contribution in [1.82, 2.24) is 15.1 Å². The lowest BCUT2D eigenvalue weighted by atomic mass is 10.0. The van der Waals surface area contributed by atoms with Gasteiger partial charge < -0.3 is 15.2 Å². The summed E-state index contributed by atoms with van der Waals surface area (Å²) in [4.78, 5) is 16.2. The summed E-state index contributed by atoms with van der Waals surface area (Å²) in [5.41, 5.74) is 3.62. The van der Waals surface area contributed by atoms with E-state index in [2.05, 4.69) is 59.4 Å². The van der Waals surface area contributed by atoms with Crippen LogP contribution in [0.4, 0.5) is 0 Å². The number of aliphatic hydroxyl groups excluding tert-OH is 1. The summed E-state index contributed by atoms with van der Waals surface area (Å²) in [6.45, 7) is 5.30. The second-order valence-corrected chi connectivity index (χ2v) is 9.40. The average Bonchev–Trinajstić information content (AvgIpc) is 3.21. The van der Waals surface area contributed by atoms with Crippen LogP contribution in [-0.4, -0.2) is 65.7 Å². The van der Waals surface area contributed by atoms with Crippen LogP contribution < -0.4 is 10.1 Å². The number of benzene rings is 2. The van der Waals surface area contributed by atoms with E-state index in [0.717, 1.165) is 55.6 Å². The Labute approximate surface area is 197 Å². The van der Waals surface area contributed by atoms with Gasteiger partial charge in [0, 0.05) is 37.3 Å². The summed E-state index contributed by atoms with van der Waals surface area (Å²) in [7, 11) is 2.09. The van der Waals surface area contributed by atoms with Crippen molar-refractivity contribution in [3.8, 4) is 5.75 Å². The Morgan fingerprint density at radius 2 is 1.97 bits per heavy atom. The molecule has 1 heterocycles. The van der Waals surface area contributed by atoms with Gasteiger partial charge in [0.1, 0.15) is 12.4 Å². The lowest BCUT2D eigenvalue weighted by Gasteiger charge is -2.36. The van der Waals surface area contributed by atoms with Gasteiger partial charge in [-0.1, -0.05) is 55.8 Å². The molecule has 0 radical (unpaired) electrons. The number of aliphatic hydroxyl groups is 1. The standard InChI is InChI=1S/C27H37N3O3/c1-3-7-20-10-13-25(33-19-21-8-5-4-6-9-21)22(16-20)17-29(2)23-11-12-24(27(23)32)30-15-14-28-26(31)18-30/h4-6,8-10,13,16,23-24,27,32H,3,7,11-12,14-15,17-19H2,1-2H3,(H,28,31)/t23-,24-,27-/m1/s1. The molecule has 2 aliphatic rings. The van der Waals surface area contributed by atoms with E-state index < -0.39 is 6.10 Å². The Hall–Kier alpha value is -2.41. The topological polar surface area (TPSA) is 65.0 Å². The van der Waals surface area contributed by atoms with E-state index in [9.17, 15) is 9.90 Å². The number of hydrogen-bond acceptors (Lipinski definition) is 5. The van der Waals surface area contributed by atoms with Crippen LogP contribution in [-0.2, 0) is 24.4 Å².